The number of halogens is 1. The van der Waals surface area contributed by atoms with Gasteiger partial charge in [0.1, 0.15) is 17.2 Å². The maximum absolute atomic E-state index is 13.3. The molecule has 6 rings (SSSR count). The third-order valence-electron chi connectivity index (χ3n) is 7.94. The first-order valence-corrected chi connectivity index (χ1v) is 13.8. The number of morpholine rings is 1. The standard InChI is InChI=1S/C27H34ClN7O3/c1-37-22-15-17(26(36)35-9-7-19(8-10-35)34-11-13-38-14-12-34)5-6-21(22)31-27-32-24-23(20(28)16-29-24)25(33-27)30-18-3-2-4-18/h5-6,15-16,18-19H,2-4,7-14H2,1H3,(H3,29,30,31,32,33). The zero-order valence-corrected chi connectivity index (χ0v) is 22.4. The number of aromatic nitrogens is 3. The first-order chi connectivity index (χ1) is 18.6. The molecular formula is C27H34ClN7O3. The van der Waals surface area contributed by atoms with Gasteiger partial charge in [-0.15, -0.1) is 0 Å². The molecule has 0 unspecified atom stereocenters. The van der Waals surface area contributed by atoms with E-state index in [2.05, 4.69) is 25.5 Å². The number of aromatic amines is 1. The molecule has 38 heavy (non-hydrogen) atoms. The molecule has 1 aromatic carbocycles. The molecule has 3 fully saturated rings. The summed E-state index contributed by atoms with van der Waals surface area (Å²) in [5.41, 5.74) is 1.94. The SMILES string of the molecule is COc1cc(C(=O)N2CCC(N3CCOCC3)CC2)ccc1Nc1nc(NC2CCC2)c2c(Cl)c[nH]c2n1. The number of anilines is 3. The number of rotatable bonds is 7. The zero-order valence-electron chi connectivity index (χ0n) is 21.6. The molecule has 0 atom stereocenters. The number of amides is 1. The van der Waals surface area contributed by atoms with Crippen LogP contribution in [0.3, 0.4) is 0 Å². The summed E-state index contributed by atoms with van der Waals surface area (Å²) in [5.74, 6) is 1.71. The Morgan fingerprint density at radius 3 is 2.63 bits per heavy atom. The van der Waals surface area contributed by atoms with E-state index in [0.717, 1.165) is 70.5 Å². The second-order valence-corrected chi connectivity index (χ2v) is 10.6. The van der Waals surface area contributed by atoms with Crippen molar-refractivity contribution in [3.05, 3.63) is 35.0 Å². The van der Waals surface area contributed by atoms with Crippen molar-refractivity contribution in [1.29, 1.82) is 0 Å². The fraction of sp³-hybridized carbons (Fsp3) is 0.519. The first kappa shape index (κ1) is 25.2. The molecule has 0 radical (unpaired) electrons. The molecule has 2 aliphatic heterocycles. The molecule has 202 valence electrons. The molecule has 11 heteroatoms. The highest BCUT2D eigenvalue weighted by Gasteiger charge is 2.29. The van der Waals surface area contributed by atoms with E-state index in [-0.39, 0.29) is 5.91 Å². The number of methoxy groups -OCH3 is 1. The van der Waals surface area contributed by atoms with E-state index >= 15 is 0 Å². The molecule has 3 aromatic rings. The molecule has 0 spiro atoms. The lowest BCUT2D eigenvalue weighted by molar-refractivity contribution is 0.00159. The maximum atomic E-state index is 13.3. The summed E-state index contributed by atoms with van der Waals surface area (Å²) in [4.78, 5) is 30.2. The van der Waals surface area contributed by atoms with Gasteiger partial charge in [-0.05, 0) is 50.3 Å². The van der Waals surface area contributed by atoms with Gasteiger partial charge in [0.2, 0.25) is 5.95 Å². The molecule has 2 saturated heterocycles. The van der Waals surface area contributed by atoms with E-state index in [1.165, 1.54) is 6.42 Å². The van der Waals surface area contributed by atoms with Crippen LogP contribution in [0.2, 0.25) is 5.02 Å². The smallest absolute Gasteiger partial charge is 0.253 e. The Bertz CT molecular complexity index is 1300. The van der Waals surface area contributed by atoms with Crippen LogP contribution in [0.15, 0.2) is 24.4 Å². The highest BCUT2D eigenvalue weighted by Crippen LogP contribution is 2.34. The van der Waals surface area contributed by atoms with Crippen LogP contribution in [0, 0.1) is 0 Å². The summed E-state index contributed by atoms with van der Waals surface area (Å²) >= 11 is 6.41. The monoisotopic (exact) mass is 539 g/mol. The molecule has 1 saturated carbocycles. The van der Waals surface area contributed by atoms with E-state index in [9.17, 15) is 4.79 Å². The summed E-state index contributed by atoms with van der Waals surface area (Å²) < 4.78 is 11.1. The van der Waals surface area contributed by atoms with E-state index in [4.69, 9.17) is 26.1 Å². The average molecular weight is 540 g/mol. The van der Waals surface area contributed by atoms with Crippen molar-refractivity contribution in [2.24, 2.45) is 0 Å². The molecular weight excluding hydrogens is 506 g/mol. The average Bonchev–Trinajstić information content (AvgIpc) is 3.31. The summed E-state index contributed by atoms with van der Waals surface area (Å²) in [6, 6.07) is 6.39. The van der Waals surface area contributed by atoms with Gasteiger partial charge in [-0.1, -0.05) is 11.6 Å². The molecule has 1 aliphatic carbocycles. The molecule has 3 aliphatic rings. The van der Waals surface area contributed by atoms with Crippen molar-refractivity contribution in [2.75, 3.05) is 57.1 Å². The summed E-state index contributed by atoms with van der Waals surface area (Å²) in [5, 5.41) is 8.15. The number of carbonyl (C=O) groups is 1. The Labute approximate surface area is 227 Å². The predicted molar refractivity (Wildman–Crippen MR) is 148 cm³/mol. The van der Waals surface area contributed by atoms with Gasteiger partial charge < -0.3 is 30.0 Å². The number of ether oxygens (including phenoxy) is 2. The second-order valence-electron chi connectivity index (χ2n) is 10.2. The van der Waals surface area contributed by atoms with Gasteiger partial charge >= 0.3 is 0 Å². The highest BCUT2D eigenvalue weighted by atomic mass is 35.5. The Balaban J connectivity index is 1.16. The highest BCUT2D eigenvalue weighted by molar-refractivity contribution is 6.36. The van der Waals surface area contributed by atoms with E-state index < -0.39 is 0 Å². The quantitative estimate of drug-likeness (QED) is 0.409. The number of hydrogen-bond acceptors (Lipinski definition) is 8. The zero-order chi connectivity index (χ0) is 26.1. The number of nitrogens with zero attached hydrogens (tertiary/aromatic N) is 4. The van der Waals surface area contributed by atoms with Gasteiger partial charge in [0.15, 0.2) is 0 Å². The predicted octanol–water partition coefficient (Wildman–Crippen LogP) is 4.26. The fourth-order valence-corrected chi connectivity index (χ4v) is 5.74. The third kappa shape index (κ3) is 5.12. The largest absolute Gasteiger partial charge is 0.495 e. The number of hydrogen-bond donors (Lipinski definition) is 3. The fourth-order valence-electron chi connectivity index (χ4n) is 5.51. The topological polar surface area (TPSA) is 108 Å². The minimum Gasteiger partial charge on any atom is -0.495 e. The number of likely N-dealkylation sites (tertiary alicyclic amines) is 1. The van der Waals surface area contributed by atoms with Crippen molar-refractivity contribution in [3.63, 3.8) is 0 Å². The first-order valence-electron chi connectivity index (χ1n) is 13.5. The number of piperidine rings is 1. The number of H-pyrrole nitrogens is 1. The number of fused-ring (bicyclic) bond motifs is 1. The normalized spacial score (nSPS) is 19.4. The molecule has 3 N–H and O–H groups in total. The van der Waals surface area contributed by atoms with Gasteiger partial charge in [0.05, 0.1) is 36.4 Å². The molecule has 2 aromatic heterocycles. The van der Waals surface area contributed by atoms with E-state index in [0.29, 0.717) is 51.5 Å². The summed E-state index contributed by atoms with van der Waals surface area (Å²) in [6.07, 6.45) is 7.15. The lowest BCUT2D eigenvalue weighted by Crippen LogP contribution is -2.50. The van der Waals surface area contributed by atoms with Gasteiger partial charge in [-0.2, -0.15) is 9.97 Å². The van der Waals surface area contributed by atoms with Crippen LogP contribution >= 0.6 is 11.6 Å². The third-order valence-corrected chi connectivity index (χ3v) is 8.24. The van der Waals surface area contributed by atoms with Crippen molar-refractivity contribution in [3.8, 4) is 5.75 Å². The molecule has 4 heterocycles. The molecule has 0 bridgehead atoms. The van der Waals surface area contributed by atoms with Gasteiger partial charge in [-0.3, -0.25) is 9.69 Å². The Hall–Kier alpha value is -3.08. The van der Waals surface area contributed by atoms with Gasteiger partial charge in [0, 0.05) is 50.0 Å². The van der Waals surface area contributed by atoms with Crippen LogP contribution in [-0.2, 0) is 4.74 Å². The number of benzene rings is 1. The molecule has 10 nitrogen and oxygen atoms in total. The van der Waals surface area contributed by atoms with Crippen molar-refractivity contribution in [1.82, 2.24) is 24.8 Å². The Kier molecular flexibility index (Phi) is 7.27. The lowest BCUT2D eigenvalue weighted by atomic mass is 9.93. The van der Waals surface area contributed by atoms with Crippen LogP contribution in [0.5, 0.6) is 5.75 Å². The number of carbonyl (C=O) groups excluding carboxylic acids is 1. The Morgan fingerprint density at radius 1 is 1.13 bits per heavy atom. The summed E-state index contributed by atoms with van der Waals surface area (Å²) in [6.45, 7) is 5.08. The van der Waals surface area contributed by atoms with Gasteiger partial charge in [0.25, 0.3) is 5.91 Å². The van der Waals surface area contributed by atoms with Crippen molar-refractivity contribution in [2.45, 2.75) is 44.2 Å². The van der Waals surface area contributed by atoms with Crippen LogP contribution in [0.1, 0.15) is 42.5 Å². The van der Waals surface area contributed by atoms with Gasteiger partial charge in [-0.25, -0.2) is 0 Å². The van der Waals surface area contributed by atoms with Crippen LogP contribution in [-0.4, -0.2) is 89.2 Å². The van der Waals surface area contributed by atoms with E-state index in [1.54, 1.807) is 19.4 Å². The molecule has 1 amide bonds. The second kappa shape index (κ2) is 11.0. The maximum Gasteiger partial charge on any atom is 0.253 e. The lowest BCUT2D eigenvalue weighted by Gasteiger charge is -2.40. The minimum absolute atomic E-state index is 0.0287. The van der Waals surface area contributed by atoms with Crippen molar-refractivity contribution >= 4 is 46.0 Å². The van der Waals surface area contributed by atoms with Crippen molar-refractivity contribution < 1.29 is 14.3 Å². The van der Waals surface area contributed by atoms with Crippen LogP contribution in [0.25, 0.3) is 11.0 Å². The van der Waals surface area contributed by atoms with E-state index in [1.807, 2.05) is 17.0 Å². The minimum atomic E-state index is 0.0287. The van der Waals surface area contributed by atoms with Crippen LogP contribution < -0.4 is 15.4 Å². The summed E-state index contributed by atoms with van der Waals surface area (Å²) in [7, 11) is 1.60. The number of nitrogens with one attached hydrogen (secondary N) is 3. The Morgan fingerprint density at radius 2 is 1.92 bits per heavy atom. The van der Waals surface area contributed by atoms with Crippen LogP contribution in [0.4, 0.5) is 17.5 Å².